The molecule has 0 amide bonds. The van der Waals surface area contributed by atoms with Crippen LogP contribution in [0.25, 0.3) is 21.9 Å². The molecule has 3 nitrogen and oxygen atoms in total. The first kappa shape index (κ1) is 9.15. The predicted molar refractivity (Wildman–Crippen MR) is 59.0 cm³/mol. The van der Waals surface area contributed by atoms with Crippen LogP contribution >= 0.6 is 0 Å². The number of benzene rings is 1. The largest absolute Gasteiger partial charge is 0.422 e. The molecule has 0 spiro atoms. The first-order valence-electron chi connectivity index (χ1n) is 4.87. The van der Waals surface area contributed by atoms with Crippen LogP contribution in [-0.2, 0) is 0 Å². The summed E-state index contributed by atoms with van der Waals surface area (Å²) in [4.78, 5) is 14.7. The highest BCUT2D eigenvalue weighted by atomic mass is 19.1. The standard InChI is InChI=1S/C12H8FNO2/c1-6-4-9-11(14-6)8-5-7(13)2-3-10(8)16-12(9)15/h2-5,14H,1H3. The molecule has 2 heterocycles. The van der Waals surface area contributed by atoms with Crippen molar-refractivity contribution in [2.24, 2.45) is 0 Å². The number of H-pyrrole nitrogens is 1. The van der Waals surface area contributed by atoms with Crippen LogP contribution in [0.3, 0.4) is 0 Å². The summed E-state index contributed by atoms with van der Waals surface area (Å²) in [6.07, 6.45) is 0. The van der Waals surface area contributed by atoms with Crippen LogP contribution in [0, 0.1) is 12.7 Å². The van der Waals surface area contributed by atoms with Crippen molar-refractivity contribution in [3.63, 3.8) is 0 Å². The highest BCUT2D eigenvalue weighted by Gasteiger charge is 2.09. The number of aryl methyl sites for hydroxylation is 1. The first-order valence-corrected chi connectivity index (χ1v) is 4.87. The van der Waals surface area contributed by atoms with Crippen LogP contribution in [0.5, 0.6) is 0 Å². The predicted octanol–water partition coefficient (Wildman–Crippen LogP) is 2.72. The minimum atomic E-state index is -0.404. The van der Waals surface area contributed by atoms with Crippen molar-refractivity contribution in [1.82, 2.24) is 4.98 Å². The normalized spacial score (nSPS) is 11.4. The minimum absolute atomic E-state index is 0.352. The molecule has 0 saturated carbocycles. The molecule has 0 bridgehead atoms. The van der Waals surface area contributed by atoms with E-state index in [-0.39, 0.29) is 5.82 Å². The van der Waals surface area contributed by atoms with Crippen LogP contribution in [0.2, 0.25) is 0 Å². The fraction of sp³-hybridized carbons (Fsp3) is 0.0833. The molecule has 0 aliphatic rings. The van der Waals surface area contributed by atoms with Crippen LogP contribution in [0.1, 0.15) is 5.69 Å². The van der Waals surface area contributed by atoms with E-state index in [4.69, 9.17) is 4.42 Å². The molecule has 16 heavy (non-hydrogen) atoms. The maximum Gasteiger partial charge on any atom is 0.345 e. The molecular weight excluding hydrogens is 209 g/mol. The van der Waals surface area contributed by atoms with Crippen LogP contribution in [0.15, 0.2) is 33.5 Å². The van der Waals surface area contributed by atoms with E-state index in [1.165, 1.54) is 18.2 Å². The van der Waals surface area contributed by atoms with Gasteiger partial charge in [0.25, 0.3) is 0 Å². The molecule has 80 valence electrons. The Labute approximate surface area is 89.5 Å². The molecule has 0 saturated heterocycles. The first-order chi connectivity index (χ1) is 7.65. The molecule has 0 fully saturated rings. The van der Waals surface area contributed by atoms with Gasteiger partial charge >= 0.3 is 5.63 Å². The van der Waals surface area contributed by atoms with E-state index >= 15 is 0 Å². The van der Waals surface area contributed by atoms with Crippen molar-refractivity contribution in [2.75, 3.05) is 0 Å². The van der Waals surface area contributed by atoms with Gasteiger partial charge in [-0.2, -0.15) is 0 Å². The number of hydrogen-bond acceptors (Lipinski definition) is 2. The molecule has 1 N–H and O–H groups in total. The lowest BCUT2D eigenvalue weighted by atomic mass is 10.2. The summed E-state index contributed by atoms with van der Waals surface area (Å²) in [5.74, 6) is -0.352. The third-order valence-corrected chi connectivity index (χ3v) is 2.59. The van der Waals surface area contributed by atoms with Crippen LogP contribution < -0.4 is 5.63 Å². The third kappa shape index (κ3) is 1.16. The van der Waals surface area contributed by atoms with Gasteiger partial charge in [0.15, 0.2) is 0 Å². The molecule has 4 heteroatoms. The zero-order valence-electron chi connectivity index (χ0n) is 8.50. The second-order valence-corrected chi connectivity index (χ2v) is 3.77. The zero-order valence-corrected chi connectivity index (χ0v) is 8.50. The van der Waals surface area contributed by atoms with Crippen LogP contribution in [0.4, 0.5) is 4.39 Å². The van der Waals surface area contributed by atoms with Crippen molar-refractivity contribution < 1.29 is 8.81 Å². The highest BCUT2D eigenvalue weighted by Crippen LogP contribution is 2.23. The number of hydrogen-bond donors (Lipinski definition) is 1. The lowest BCUT2D eigenvalue weighted by Gasteiger charge is -1.98. The highest BCUT2D eigenvalue weighted by molar-refractivity contribution is 6.02. The maximum atomic E-state index is 13.1. The van der Waals surface area contributed by atoms with Gasteiger partial charge in [-0.25, -0.2) is 9.18 Å². The number of fused-ring (bicyclic) bond motifs is 3. The van der Waals surface area contributed by atoms with E-state index in [0.29, 0.717) is 21.9 Å². The smallest absolute Gasteiger partial charge is 0.345 e. The summed E-state index contributed by atoms with van der Waals surface area (Å²) in [5, 5.41) is 1.04. The lowest BCUT2D eigenvalue weighted by Crippen LogP contribution is -1.98. The molecule has 0 unspecified atom stereocenters. The van der Waals surface area contributed by atoms with E-state index in [1.807, 2.05) is 6.92 Å². The van der Waals surface area contributed by atoms with E-state index in [2.05, 4.69) is 4.98 Å². The molecule has 0 radical (unpaired) electrons. The maximum absolute atomic E-state index is 13.1. The van der Waals surface area contributed by atoms with Gasteiger partial charge in [0, 0.05) is 11.1 Å². The summed E-state index contributed by atoms with van der Waals surface area (Å²) < 4.78 is 18.2. The van der Waals surface area contributed by atoms with Crippen molar-refractivity contribution >= 4 is 21.9 Å². The Balaban J connectivity index is 2.65. The SMILES string of the molecule is Cc1cc2c(=O)oc3ccc(F)cc3c2[nH]1. The second kappa shape index (κ2) is 2.95. The van der Waals surface area contributed by atoms with E-state index in [0.717, 1.165) is 5.69 Å². The molecular formula is C12H8FNO2. The van der Waals surface area contributed by atoms with Crippen LogP contribution in [-0.4, -0.2) is 4.98 Å². The van der Waals surface area contributed by atoms with Crippen molar-refractivity contribution in [3.05, 3.63) is 46.2 Å². The summed E-state index contributed by atoms with van der Waals surface area (Å²) in [6, 6.07) is 5.79. The number of aromatic amines is 1. The minimum Gasteiger partial charge on any atom is -0.422 e. The number of aromatic nitrogens is 1. The Bertz CT molecular complexity index is 755. The summed E-state index contributed by atoms with van der Waals surface area (Å²) in [6.45, 7) is 1.84. The van der Waals surface area contributed by atoms with E-state index < -0.39 is 5.63 Å². The fourth-order valence-electron chi connectivity index (χ4n) is 1.90. The van der Waals surface area contributed by atoms with Crippen molar-refractivity contribution in [3.8, 4) is 0 Å². The molecule has 1 aromatic carbocycles. The number of halogens is 1. The Morgan fingerprint density at radius 3 is 2.88 bits per heavy atom. The Kier molecular flexibility index (Phi) is 1.68. The molecule has 2 aromatic heterocycles. The molecule has 0 aliphatic heterocycles. The Morgan fingerprint density at radius 1 is 1.25 bits per heavy atom. The fourth-order valence-corrected chi connectivity index (χ4v) is 1.90. The average Bonchev–Trinajstić information content (AvgIpc) is 2.62. The van der Waals surface area contributed by atoms with Gasteiger partial charge in [0.1, 0.15) is 11.4 Å². The monoisotopic (exact) mass is 217 g/mol. The Morgan fingerprint density at radius 2 is 2.06 bits per heavy atom. The summed E-state index contributed by atoms with van der Waals surface area (Å²) in [7, 11) is 0. The lowest BCUT2D eigenvalue weighted by molar-refractivity contribution is 0.567. The average molecular weight is 217 g/mol. The van der Waals surface area contributed by atoms with Gasteiger partial charge in [-0.05, 0) is 31.2 Å². The van der Waals surface area contributed by atoms with Crippen molar-refractivity contribution in [1.29, 1.82) is 0 Å². The number of rotatable bonds is 0. The third-order valence-electron chi connectivity index (χ3n) is 2.59. The zero-order chi connectivity index (χ0) is 11.3. The van der Waals surface area contributed by atoms with Gasteiger partial charge < -0.3 is 9.40 Å². The molecule has 0 atom stereocenters. The second-order valence-electron chi connectivity index (χ2n) is 3.77. The summed E-state index contributed by atoms with van der Waals surface area (Å²) in [5.41, 5.74) is 1.46. The quantitative estimate of drug-likeness (QED) is 0.588. The number of nitrogens with one attached hydrogen (secondary N) is 1. The van der Waals surface area contributed by atoms with E-state index in [1.54, 1.807) is 6.07 Å². The van der Waals surface area contributed by atoms with E-state index in [9.17, 15) is 9.18 Å². The van der Waals surface area contributed by atoms with Gasteiger partial charge in [-0.15, -0.1) is 0 Å². The Hall–Kier alpha value is -2.10. The summed E-state index contributed by atoms with van der Waals surface area (Å²) >= 11 is 0. The molecule has 3 aromatic rings. The molecule has 3 rings (SSSR count). The topological polar surface area (TPSA) is 46.0 Å². The van der Waals surface area contributed by atoms with Gasteiger partial charge in [-0.3, -0.25) is 0 Å². The van der Waals surface area contributed by atoms with Gasteiger partial charge in [-0.1, -0.05) is 0 Å². The van der Waals surface area contributed by atoms with Gasteiger partial charge in [0.05, 0.1) is 10.9 Å². The molecule has 0 aliphatic carbocycles. The van der Waals surface area contributed by atoms with Crippen molar-refractivity contribution in [2.45, 2.75) is 6.92 Å². The van der Waals surface area contributed by atoms with Gasteiger partial charge in [0.2, 0.25) is 0 Å².